The van der Waals surface area contributed by atoms with Crippen molar-refractivity contribution >= 4 is 45.9 Å². The molecular weight excluding hydrogens is 726 g/mol. The number of imide groups is 1. The molecule has 1 saturated carbocycles. The van der Waals surface area contributed by atoms with Crippen molar-refractivity contribution in [2.75, 3.05) is 50.7 Å². The Labute approximate surface area is 322 Å². The number of carbonyl (C=O) groups excluding carboxylic acids is 3. The first-order chi connectivity index (χ1) is 26.6. The lowest BCUT2D eigenvalue weighted by atomic mass is 9.69. The zero-order valence-corrected chi connectivity index (χ0v) is 31.3. The highest BCUT2D eigenvalue weighted by Gasteiger charge is 2.47. The number of piperazine rings is 1. The Morgan fingerprint density at radius 3 is 2.33 bits per heavy atom. The minimum atomic E-state index is -1.04. The van der Waals surface area contributed by atoms with Crippen LogP contribution in [0.25, 0.3) is 16.6 Å². The molecule has 4 aliphatic heterocycles. The zero-order valence-electron chi connectivity index (χ0n) is 30.6. The summed E-state index contributed by atoms with van der Waals surface area (Å²) in [7, 11) is 0. The number of nitrogens with one attached hydrogen (secondary N) is 1. The largest absolute Gasteiger partial charge is 0.368 e. The third kappa shape index (κ3) is 6.21. The number of fused-ring (bicyclic) bond motifs is 7. The maximum atomic E-state index is 15.2. The van der Waals surface area contributed by atoms with Gasteiger partial charge in [0.1, 0.15) is 17.5 Å². The normalized spacial score (nSPS) is 21.5. The molecule has 1 aliphatic carbocycles. The summed E-state index contributed by atoms with van der Waals surface area (Å²) in [5, 5.41) is 3.04. The number of halogens is 3. The van der Waals surface area contributed by atoms with E-state index in [0.717, 1.165) is 68.6 Å². The van der Waals surface area contributed by atoms with Gasteiger partial charge in [0.05, 0.1) is 39.5 Å². The van der Waals surface area contributed by atoms with Gasteiger partial charge in [-0.25, -0.2) is 8.78 Å². The number of hydrogen-bond donors (Lipinski definition) is 1. The van der Waals surface area contributed by atoms with Gasteiger partial charge in [0.2, 0.25) is 17.7 Å². The highest BCUT2D eigenvalue weighted by molar-refractivity contribution is 6.35. The predicted molar refractivity (Wildman–Crippen MR) is 205 cm³/mol. The molecule has 13 heteroatoms. The van der Waals surface area contributed by atoms with Gasteiger partial charge in [0.25, 0.3) is 5.56 Å². The lowest BCUT2D eigenvalue weighted by Gasteiger charge is -2.38. The molecule has 10 nitrogen and oxygen atoms in total. The van der Waals surface area contributed by atoms with Gasteiger partial charge < -0.3 is 9.80 Å². The fourth-order valence-corrected chi connectivity index (χ4v) is 10.2. The van der Waals surface area contributed by atoms with E-state index in [2.05, 4.69) is 33.0 Å². The van der Waals surface area contributed by atoms with Gasteiger partial charge in [-0.05, 0) is 92.6 Å². The molecule has 5 aliphatic rings. The molecule has 1 aromatic heterocycles. The molecule has 5 heterocycles. The summed E-state index contributed by atoms with van der Waals surface area (Å²) in [6.45, 7) is 3.63. The number of piperidine rings is 2. The summed E-state index contributed by atoms with van der Waals surface area (Å²) in [5.74, 6) is -2.57. The molecule has 0 radical (unpaired) electrons. The number of aromatic nitrogens is 2. The zero-order chi connectivity index (χ0) is 38.0. The molecule has 0 bridgehead atoms. The summed E-state index contributed by atoms with van der Waals surface area (Å²) in [4.78, 5) is 61.2. The number of benzene rings is 3. The number of likely N-dealkylation sites (tertiary alicyclic amines) is 1. The molecule has 55 heavy (non-hydrogen) atoms. The quantitative estimate of drug-likeness (QED) is 0.251. The van der Waals surface area contributed by atoms with E-state index in [1.54, 1.807) is 6.07 Å². The Morgan fingerprint density at radius 1 is 0.891 bits per heavy atom. The topological polar surface area (TPSA) is 108 Å². The molecule has 9 rings (SSSR count). The first-order valence-corrected chi connectivity index (χ1v) is 19.9. The Hall–Kier alpha value is -4.68. The second-order valence-electron chi connectivity index (χ2n) is 15.9. The van der Waals surface area contributed by atoms with Gasteiger partial charge in [-0.3, -0.25) is 34.0 Å². The van der Waals surface area contributed by atoms with Crippen molar-refractivity contribution in [2.24, 2.45) is 0 Å². The van der Waals surface area contributed by atoms with Crippen LogP contribution < -0.4 is 15.8 Å². The van der Waals surface area contributed by atoms with Crippen molar-refractivity contribution in [1.82, 2.24) is 24.7 Å². The number of anilines is 1. The van der Waals surface area contributed by atoms with Crippen LogP contribution in [0, 0.1) is 11.6 Å². The maximum Gasteiger partial charge on any atom is 0.282 e. The summed E-state index contributed by atoms with van der Waals surface area (Å²) >= 11 is 6.57. The standard InChI is InChI=1S/C42H43ClF2N6O4/c43-30-5-4-6-33-38(30)40(55)47-41-42(13-2-1-3-14-42)29-9-7-26(21-34(29)51(33)41)25-11-15-48(16-12-25)24-36(53)50-19-17-49(18-20-50)27-22-31(44)37(32(45)23-27)28-8-10-35(52)46-39(28)54/h4-7,9,21-23,25,28H,1-3,8,10-20,24H2,(H,46,52,54). The molecule has 3 amide bonds. The summed E-state index contributed by atoms with van der Waals surface area (Å²) in [6.07, 6.45) is 7.24. The van der Waals surface area contributed by atoms with Crippen LogP contribution in [0.15, 0.2) is 53.3 Å². The molecule has 1 spiro atoms. The van der Waals surface area contributed by atoms with E-state index in [9.17, 15) is 19.2 Å². The van der Waals surface area contributed by atoms with Crippen molar-refractivity contribution in [3.63, 3.8) is 0 Å². The number of nitrogens with zero attached hydrogens (tertiary/aromatic N) is 5. The molecule has 3 aromatic carbocycles. The number of hydrogen-bond acceptors (Lipinski definition) is 7. The molecule has 1 N–H and O–H groups in total. The summed E-state index contributed by atoms with van der Waals surface area (Å²) in [6, 6.07) is 15.0. The van der Waals surface area contributed by atoms with Gasteiger partial charge in [-0.1, -0.05) is 49.1 Å². The predicted octanol–water partition coefficient (Wildman–Crippen LogP) is 5.93. The van der Waals surface area contributed by atoms with Crippen LogP contribution in [-0.4, -0.2) is 82.9 Å². The van der Waals surface area contributed by atoms with Crippen molar-refractivity contribution in [1.29, 1.82) is 0 Å². The average molecular weight is 769 g/mol. The molecule has 286 valence electrons. The Bertz CT molecular complexity index is 2270. The van der Waals surface area contributed by atoms with Gasteiger partial charge in [-0.15, -0.1) is 0 Å². The van der Waals surface area contributed by atoms with Crippen LogP contribution in [0.3, 0.4) is 0 Å². The second kappa shape index (κ2) is 14.1. The van der Waals surface area contributed by atoms with Crippen LogP contribution in [0.4, 0.5) is 14.5 Å². The van der Waals surface area contributed by atoms with E-state index in [1.165, 1.54) is 29.7 Å². The molecule has 4 aromatic rings. The second-order valence-corrected chi connectivity index (χ2v) is 16.3. The minimum absolute atomic E-state index is 0.0346. The van der Waals surface area contributed by atoms with E-state index in [-0.39, 0.29) is 35.3 Å². The van der Waals surface area contributed by atoms with Crippen LogP contribution in [0.1, 0.15) is 92.1 Å². The Balaban J connectivity index is 0.844. The van der Waals surface area contributed by atoms with Crippen LogP contribution in [0.5, 0.6) is 0 Å². The number of carbonyl (C=O) groups is 3. The third-order valence-corrected chi connectivity index (χ3v) is 13.2. The summed E-state index contributed by atoms with van der Waals surface area (Å²) in [5.41, 5.74) is 3.93. The van der Waals surface area contributed by atoms with Crippen LogP contribution >= 0.6 is 11.6 Å². The Morgan fingerprint density at radius 2 is 1.62 bits per heavy atom. The first-order valence-electron chi connectivity index (χ1n) is 19.6. The van der Waals surface area contributed by atoms with Crippen LogP contribution in [0.2, 0.25) is 5.02 Å². The monoisotopic (exact) mass is 768 g/mol. The van der Waals surface area contributed by atoms with Gasteiger partial charge in [0.15, 0.2) is 0 Å². The highest BCUT2D eigenvalue weighted by atomic mass is 35.5. The van der Waals surface area contributed by atoms with Crippen molar-refractivity contribution in [2.45, 2.75) is 75.0 Å². The van der Waals surface area contributed by atoms with E-state index < -0.39 is 29.4 Å². The molecule has 4 fully saturated rings. The van der Waals surface area contributed by atoms with E-state index in [4.69, 9.17) is 16.6 Å². The fourth-order valence-electron chi connectivity index (χ4n) is 9.94. The molecule has 1 unspecified atom stereocenters. The van der Waals surface area contributed by atoms with E-state index in [1.807, 2.05) is 21.9 Å². The van der Waals surface area contributed by atoms with Crippen LogP contribution in [-0.2, 0) is 19.8 Å². The molecule has 3 saturated heterocycles. The van der Waals surface area contributed by atoms with Gasteiger partial charge >= 0.3 is 0 Å². The van der Waals surface area contributed by atoms with Crippen molar-refractivity contribution in [3.8, 4) is 5.69 Å². The van der Waals surface area contributed by atoms with Crippen molar-refractivity contribution in [3.05, 3.63) is 98.1 Å². The van der Waals surface area contributed by atoms with E-state index in [0.29, 0.717) is 54.7 Å². The molecule has 1 atom stereocenters. The lowest BCUT2D eigenvalue weighted by Crippen LogP contribution is -2.52. The minimum Gasteiger partial charge on any atom is -0.368 e. The number of rotatable bonds is 5. The van der Waals surface area contributed by atoms with Gasteiger partial charge in [0, 0.05) is 43.9 Å². The highest BCUT2D eigenvalue weighted by Crippen LogP contribution is 2.52. The lowest BCUT2D eigenvalue weighted by molar-refractivity contribution is -0.135. The average Bonchev–Trinajstić information content (AvgIpc) is 3.43. The summed E-state index contributed by atoms with van der Waals surface area (Å²) < 4.78 is 32.6. The number of amides is 3. The SMILES string of the molecule is O=C1CCC(c2c(F)cc(N3CCN(C(=O)CN4CCC(c5ccc6c(c5)-n5c(nc(=O)c7c(Cl)cccc75)C65CCCCC5)CC4)CC3)cc2F)C(=O)N1. The van der Waals surface area contributed by atoms with Crippen molar-refractivity contribution < 1.29 is 23.2 Å². The fraction of sp³-hybridized carbons (Fsp3) is 0.452. The first kappa shape index (κ1) is 36.0. The smallest absolute Gasteiger partial charge is 0.282 e. The van der Waals surface area contributed by atoms with E-state index >= 15 is 8.78 Å². The Kier molecular flexibility index (Phi) is 9.24. The van der Waals surface area contributed by atoms with Gasteiger partial charge in [-0.2, -0.15) is 4.98 Å². The molecular formula is C42H43ClF2N6O4. The maximum absolute atomic E-state index is 15.2. The third-order valence-electron chi connectivity index (χ3n) is 12.8.